The summed E-state index contributed by atoms with van der Waals surface area (Å²) in [4.78, 5) is 15.4. The van der Waals surface area contributed by atoms with Crippen LogP contribution in [0.2, 0.25) is 0 Å². The van der Waals surface area contributed by atoms with Crippen LogP contribution in [-0.2, 0) is 6.18 Å². The number of alkyl halides is 3. The zero-order valence-corrected chi connectivity index (χ0v) is 11.2. The van der Waals surface area contributed by atoms with Crippen LogP contribution in [-0.4, -0.2) is 14.6 Å². The van der Waals surface area contributed by atoms with Gasteiger partial charge in [0.2, 0.25) is 0 Å². The second-order valence-corrected chi connectivity index (χ2v) is 4.76. The number of aromatic nitrogens is 3. The van der Waals surface area contributed by atoms with Crippen LogP contribution in [0.25, 0.3) is 16.8 Å². The molecular weight excluding hydrogens is 302 g/mol. The van der Waals surface area contributed by atoms with Crippen LogP contribution in [0.5, 0.6) is 0 Å². The predicted octanol–water partition coefficient (Wildman–Crippen LogP) is 3.16. The molecular formula is C14H9F4N3O. The molecule has 2 heterocycles. The Morgan fingerprint density at radius 3 is 2.41 bits per heavy atom. The minimum atomic E-state index is -4.72. The van der Waals surface area contributed by atoms with Gasteiger partial charge in [0.1, 0.15) is 5.82 Å². The summed E-state index contributed by atoms with van der Waals surface area (Å²) in [6.07, 6.45) is -4.72. The van der Waals surface area contributed by atoms with Crippen LogP contribution < -0.4 is 5.56 Å². The van der Waals surface area contributed by atoms with Crippen LogP contribution in [0.15, 0.2) is 35.1 Å². The first-order valence-corrected chi connectivity index (χ1v) is 6.23. The Hall–Kier alpha value is -2.64. The van der Waals surface area contributed by atoms with Gasteiger partial charge in [0.15, 0.2) is 11.3 Å². The van der Waals surface area contributed by atoms with Gasteiger partial charge in [-0.05, 0) is 24.6 Å². The lowest BCUT2D eigenvalue weighted by atomic mass is 10.1. The van der Waals surface area contributed by atoms with E-state index in [1.54, 1.807) is 6.92 Å². The molecule has 8 heteroatoms. The van der Waals surface area contributed by atoms with Crippen molar-refractivity contribution in [2.45, 2.75) is 13.1 Å². The summed E-state index contributed by atoms with van der Waals surface area (Å²) in [7, 11) is 0. The molecule has 0 aliphatic carbocycles. The Morgan fingerprint density at radius 2 is 1.82 bits per heavy atom. The third-order valence-electron chi connectivity index (χ3n) is 3.22. The van der Waals surface area contributed by atoms with E-state index in [-0.39, 0.29) is 5.65 Å². The molecule has 0 fully saturated rings. The van der Waals surface area contributed by atoms with Crippen molar-refractivity contribution in [1.82, 2.24) is 14.6 Å². The minimum absolute atomic E-state index is 0.149. The van der Waals surface area contributed by atoms with Crippen LogP contribution in [0.4, 0.5) is 17.6 Å². The summed E-state index contributed by atoms with van der Waals surface area (Å²) >= 11 is 0. The van der Waals surface area contributed by atoms with E-state index in [1.165, 1.54) is 24.3 Å². The molecule has 0 aliphatic rings. The standard InChI is InChI=1S/C14H9F4N3O/c1-7-12(8-2-4-9(15)5-3-8)13-19-10(14(16,17)18)6-11(22)21(13)20-7/h2-6,20H,1H3. The molecule has 3 rings (SSSR count). The maximum Gasteiger partial charge on any atom is 0.433 e. The van der Waals surface area contributed by atoms with Gasteiger partial charge in [0.05, 0.1) is 0 Å². The van der Waals surface area contributed by atoms with Gasteiger partial charge in [-0.2, -0.15) is 13.2 Å². The summed E-state index contributed by atoms with van der Waals surface area (Å²) < 4.78 is 52.4. The first-order valence-electron chi connectivity index (χ1n) is 6.23. The Balaban J connectivity index is 2.35. The van der Waals surface area contributed by atoms with Crippen LogP contribution >= 0.6 is 0 Å². The van der Waals surface area contributed by atoms with Crippen molar-refractivity contribution in [3.8, 4) is 11.1 Å². The van der Waals surface area contributed by atoms with Gasteiger partial charge in [-0.15, -0.1) is 0 Å². The van der Waals surface area contributed by atoms with E-state index in [2.05, 4.69) is 10.1 Å². The van der Waals surface area contributed by atoms with Crippen molar-refractivity contribution in [1.29, 1.82) is 0 Å². The van der Waals surface area contributed by atoms with E-state index in [4.69, 9.17) is 0 Å². The van der Waals surface area contributed by atoms with Crippen molar-refractivity contribution in [3.05, 3.63) is 57.9 Å². The lowest BCUT2D eigenvalue weighted by Gasteiger charge is -2.06. The van der Waals surface area contributed by atoms with Crippen LogP contribution in [0.1, 0.15) is 11.4 Å². The third kappa shape index (κ3) is 2.26. The maximum absolute atomic E-state index is 13.0. The highest BCUT2D eigenvalue weighted by atomic mass is 19.4. The fraction of sp³-hybridized carbons (Fsp3) is 0.143. The average molecular weight is 311 g/mol. The molecule has 0 saturated carbocycles. The fourth-order valence-electron chi connectivity index (χ4n) is 2.26. The molecule has 0 saturated heterocycles. The molecule has 0 bridgehead atoms. The number of nitrogens with one attached hydrogen (secondary N) is 1. The number of fused-ring (bicyclic) bond motifs is 1. The summed E-state index contributed by atoms with van der Waals surface area (Å²) in [5.41, 5.74) is -1.04. The third-order valence-corrected chi connectivity index (χ3v) is 3.22. The number of aryl methyl sites for hydroxylation is 1. The van der Waals surface area contributed by atoms with E-state index >= 15 is 0 Å². The zero-order chi connectivity index (χ0) is 16.1. The van der Waals surface area contributed by atoms with Gasteiger partial charge in [-0.1, -0.05) is 12.1 Å². The number of halogens is 4. The topological polar surface area (TPSA) is 50.2 Å². The molecule has 0 aliphatic heterocycles. The number of H-pyrrole nitrogens is 1. The number of hydrogen-bond donors (Lipinski definition) is 1. The molecule has 0 amide bonds. The smallest absolute Gasteiger partial charge is 0.293 e. The first kappa shape index (κ1) is 14.3. The van der Waals surface area contributed by atoms with Crippen molar-refractivity contribution in [3.63, 3.8) is 0 Å². The molecule has 0 unspecified atom stereocenters. The highest BCUT2D eigenvalue weighted by Crippen LogP contribution is 2.30. The van der Waals surface area contributed by atoms with Crippen molar-refractivity contribution >= 4 is 5.65 Å². The van der Waals surface area contributed by atoms with Crippen LogP contribution in [0, 0.1) is 12.7 Å². The maximum atomic E-state index is 13.0. The first-order chi connectivity index (χ1) is 10.3. The van der Waals surface area contributed by atoms with E-state index in [0.717, 1.165) is 4.52 Å². The number of rotatable bonds is 1. The summed E-state index contributed by atoms with van der Waals surface area (Å²) in [6.45, 7) is 1.60. The Kier molecular flexibility index (Phi) is 3.05. The molecule has 1 aromatic carbocycles. The highest BCUT2D eigenvalue weighted by molar-refractivity contribution is 5.79. The van der Waals surface area contributed by atoms with E-state index in [0.29, 0.717) is 22.9 Å². The monoisotopic (exact) mass is 311 g/mol. The van der Waals surface area contributed by atoms with Gasteiger partial charge in [-0.3, -0.25) is 9.89 Å². The molecule has 114 valence electrons. The van der Waals surface area contributed by atoms with Gasteiger partial charge in [0.25, 0.3) is 5.56 Å². The second kappa shape index (κ2) is 4.69. The Labute approximate surface area is 121 Å². The Morgan fingerprint density at radius 1 is 1.18 bits per heavy atom. The fourth-order valence-corrected chi connectivity index (χ4v) is 2.26. The molecule has 22 heavy (non-hydrogen) atoms. The zero-order valence-electron chi connectivity index (χ0n) is 11.2. The number of nitrogens with zero attached hydrogens (tertiary/aromatic N) is 2. The molecule has 0 spiro atoms. The Bertz CT molecular complexity index is 907. The molecule has 2 aromatic heterocycles. The SMILES string of the molecule is Cc1[nH]n2c(=O)cc(C(F)(F)F)nc2c1-c1ccc(F)cc1. The number of hydrogen-bond acceptors (Lipinski definition) is 2. The second-order valence-electron chi connectivity index (χ2n) is 4.76. The summed E-state index contributed by atoms with van der Waals surface area (Å²) in [6, 6.07) is 5.63. The predicted molar refractivity (Wildman–Crippen MR) is 70.9 cm³/mol. The van der Waals surface area contributed by atoms with Gasteiger partial charge in [0, 0.05) is 17.3 Å². The van der Waals surface area contributed by atoms with Crippen molar-refractivity contribution in [2.24, 2.45) is 0 Å². The molecule has 3 aromatic rings. The van der Waals surface area contributed by atoms with Crippen molar-refractivity contribution < 1.29 is 17.6 Å². The number of benzene rings is 1. The van der Waals surface area contributed by atoms with Gasteiger partial charge < -0.3 is 0 Å². The van der Waals surface area contributed by atoms with E-state index in [1.807, 2.05) is 0 Å². The van der Waals surface area contributed by atoms with E-state index < -0.39 is 23.2 Å². The lowest BCUT2D eigenvalue weighted by molar-refractivity contribution is -0.141. The van der Waals surface area contributed by atoms with Gasteiger partial charge >= 0.3 is 6.18 Å². The van der Waals surface area contributed by atoms with Crippen LogP contribution in [0.3, 0.4) is 0 Å². The molecule has 4 nitrogen and oxygen atoms in total. The normalized spacial score (nSPS) is 12.0. The summed E-state index contributed by atoms with van der Waals surface area (Å²) in [5.74, 6) is -0.470. The minimum Gasteiger partial charge on any atom is -0.293 e. The number of aromatic amines is 1. The van der Waals surface area contributed by atoms with E-state index in [9.17, 15) is 22.4 Å². The summed E-state index contributed by atoms with van der Waals surface area (Å²) in [5, 5.41) is 2.67. The van der Waals surface area contributed by atoms with Crippen molar-refractivity contribution in [2.75, 3.05) is 0 Å². The quantitative estimate of drug-likeness (QED) is 0.702. The highest BCUT2D eigenvalue weighted by Gasteiger charge is 2.34. The molecule has 1 N–H and O–H groups in total. The lowest BCUT2D eigenvalue weighted by Crippen LogP contribution is -2.20. The molecule has 0 radical (unpaired) electrons. The van der Waals surface area contributed by atoms with Gasteiger partial charge in [-0.25, -0.2) is 13.9 Å². The average Bonchev–Trinajstić information content (AvgIpc) is 2.76. The molecule has 0 atom stereocenters. The largest absolute Gasteiger partial charge is 0.433 e.